The van der Waals surface area contributed by atoms with E-state index in [4.69, 9.17) is 4.74 Å². The zero-order valence-electron chi connectivity index (χ0n) is 15.8. The third-order valence-corrected chi connectivity index (χ3v) is 7.50. The van der Waals surface area contributed by atoms with Gasteiger partial charge in [0, 0.05) is 5.69 Å². The zero-order chi connectivity index (χ0) is 21.6. The van der Waals surface area contributed by atoms with Gasteiger partial charge in [-0.05, 0) is 35.6 Å². The van der Waals surface area contributed by atoms with Crippen molar-refractivity contribution in [3.8, 4) is 0 Å². The van der Waals surface area contributed by atoms with E-state index in [0.717, 1.165) is 34.7 Å². The molecule has 0 aliphatic heterocycles. The molecule has 9 nitrogen and oxygen atoms in total. The second-order valence-electron chi connectivity index (χ2n) is 5.92. The predicted octanol–water partition coefficient (Wildman–Crippen LogP) is 2.44. The average molecular weight is 467 g/mol. The molecule has 2 aromatic heterocycles. The first kappa shape index (κ1) is 22.0. The average Bonchev–Trinajstić information content (AvgIpc) is 3.44. The van der Waals surface area contributed by atoms with Gasteiger partial charge in [-0.3, -0.25) is 9.59 Å². The van der Waals surface area contributed by atoms with Gasteiger partial charge >= 0.3 is 5.97 Å². The van der Waals surface area contributed by atoms with Gasteiger partial charge in [0.15, 0.2) is 5.01 Å². The third kappa shape index (κ3) is 5.92. The molecule has 2 heterocycles. The number of nitrogens with zero attached hydrogens (tertiary/aromatic N) is 2. The van der Waals surface area contributed by atoms with Crippen LogP contribution in [0.1, 0.15) is 27.3 Å². The number of aromatic nitrogens is 2. The molecule has 3 rings (SSSR count). The maximum Gasteiger partial charge on any atom is 0.321 e. The smallest absolute Gasteiger partial charge is 0.321 e. The van der Waals surface area contributed by atoms with Crippen LogP contribution in [0.15, 0.2) is 46.0 Å². The maximum atomic E-state index is 12.3. The summed E-state index contributed by atoms with van der Waals surface area (Å²) in [4.78, 5) is 24.1. The molecular formula is C18H18N4O5S3. The van der Waals surface area contributed by atoms with E-state index in [1.165, 1.54) is 6.07 Å². The number of ether oxygens (including phenoxy) is 1. The minimum Gasteiger partial charge on any atom is -0.457 e. The molecule has 0 spiro atoms. The highest BCUT2D eigenvalue weighted by molar-refractivity contribution is 7.91. The second kappa shape index (κ2) is 9.89. The van der Waals surface area contributed by atoms with Gasteiger partial charge < -0.3 is 10.1 Å². The van der Waals surface area contributed by atoms with Gasteiger partial charge in [0.25, 0.3) is 15.9 Å². The van der Waals surface area contributed by atoms with Crippen LogP contribution in [0.2, 0.25) is 0 Å². The minimum absolute atomic E-state index is 0.111. The molecular weight excluding hydrogens is 448 g/mol. The van der Waals surface area contributed by atoms with Crippen LogP contribution < -0.4 is 10.0 Å². The third-order valence-electron chi connectivity index (χ3n) is 3.80. The summed E-state index contributed by atoms with van der Waals surface area (Å²) in [5, 5.41) is 12.4. The van der Waals surface area contributed by atoms with Crippen LogP contribution in [0, 0.1) is 0 Å². The highest BCUT2D eigenvalue weighted by Gasteiger charge is 2.18. The van der Waals surface area contributed by atoms with Crippen LogP contribution >= 0.6 is 22.7 Å². The van der Waals surface area contributed by atoms with Crippen molar-refractivity contribution < 1.29 is 22.7 Å². The molecule has 3 aromatic rings. The fourth-order valence-electron chi connectivity index (χ4n) is 2.25. The second-order valence-corrected chi connectivity index (χ2v) is 9.93. The number of hydrogen-bond acceptors (Lipinski definition) is 9. The Balaban J connectivity index is 1.47. The standard InChI is InChI=1S/C18H18N4O5S3/c1-2-12-5-7-13(8-6-12)20-17(24)18-22-21-14(29-18)11-27-15(23)10-19-30(25,26)16-4-3-9-28-16/h3-9,19H,2,10-11H2,1H3,(H,20,24). The first-order valence-electron chi connectivity index (χ1n) is 8.79. The van der Waals surface area contributed by atoms with Crippen LogP contribution in [-0.4, -0.2) is 37.0 Å². The molecule has 0 unspecified atom stereocenters. The normalized spacial score (nSPS) is 11.2. The number of aryl methyl sites for hydroxylation is 1. The number of amides is 1. The van der Waals surface area contributed by atoms with E-state index in [9.17, 15) is 18.0 Å². The Labute approximate surface area is 181 Å². The summed E-state index contributed by atoms with van der Waals surface area (Å²) in [6.45, 7) is 1.32. The van der Waals surface area contributed by atoms with Crippen molar-refractivity contribution in [3.63, 3.8) is 0 Å². The lowest BCUT2D eigenvalue weighted by molar-refractivity contribution is -0.143. The first-order valence-corrected chi connectivity index (χ1v) is 12.0. The number of benzene rings is 1. The van der Waals surface area contributed by atoms with E-state index >= 15 is 0 Å². The van der Waals surface area contributed by atoms with Crippen molar-refractivity contribution in [2.75, 3.05) is 11.9 Å². The van der Waals surface area contributed by atoms with E-state index in [2.05, 4.69) is 20.2 Å². The molecule has 30 heavy (non-hydrogen) atoms. The monoisotopic (exact) mass is 466 g/mol. The highest BCUT2D eigenvalue weighted by Crippen LogP contribution is 2.16. The first-order chi connectivity index (χ1) is 14.4. The molecule has 0 aliphatic rings. The minimum atomic E-state index is -3.75. The highest BCUT2D eigenvalue weighted by atomic mass is 32.2. The SMILES string of the molecule is CCc1ccc(NC(=O)c2nnc(COC(=O)CNS(=O)(=O)c3cccs3)s2)cc1. The van der Waals surface area contributed by atoms with Crippen molar-refractivity contribution in [3.05, 3.63) is 57.4 Å². The molecule has 0 radical (unpaired) electrons. The van der Waals surface area contributed by atoms with Crippen LogP contribution in [0.3, 0.4) is 0 Å². The van der Waals surface area contributed by atoms with E-state index < -0.39 is 28.4 Å². The van der Waals surface area contributed by atoms with E-state index in [1.54, 1.807) is 23.6 Å². The van der Waals surface area contributed by atoms with Crippen molar-refractivity contribution in [1.29, 1.82) is 0 Å². The van der Waals surface area contributed by atoms with E-state index in [-0.39, 0.29) is 15.8 Å². The number of sulfonamides is 1. The summed E-state index contributed by atoms with van der Waals surface area (Å²) >= 11 is 2.03. The molecule has 0 fully saturated rings. The summed E-state index contributed by atoms with van der Waals surface area (Å²) in [5.41, 5.74) is 1.80. The lowest BCUT2D eigenvalue weighted by Crippen LogP contribution is -2.30. The molecule has 158 valence electrons. The van der Waals surface area contributed by atoms with Gasteiger partial charge in [0.05, 0.1) is 0 Å². The van der Waals surface area contributed by atoms with Crippen LogP contribution in [0.5, 0.6) is 0 Å². The predicted molar refractivity (Wildman–Crippen MR) is 113 cm³/mol. The fourth-order valence-corrected chi connectivity index (χ4v) is 4.90. The lowest BCUT2D eigenvalue weighted by Gasteiger charge is -2.04. The van der Waals surface area contributed by atoms with E-state index in [1.807, 2.05) is 19.1 Å². The van der Waals surface area contributed by atoms with Crippen molar-refractivity contribution >= 4 is 50.3 Å². The Morgan fingerprint density at radius 2 is 1.90 bits per heavy atom. The van der Waals surface area contributed by atoms with Gasteiger partial charge in [-0.1, -0.05) is 36.5 Å². The summed E-state index contributed by atoms with van der Waals surface area (Å²) in [6, 6.07) is 10.5. The number of carbonyl (C=O) groups excluding carboxylic acids is 2. The van der Waals surface area contributed by atoms with Crippen LogP contribution in [-0.2, 0) is 32.6 Å². The van der Waals surface area contributed by atoms with Crippen molar-refractivity contribution in [2.24, 2.45) is 0 Å². The summed E-state index contributed by atoms with van der Waals surface area (Å²) in [6.07, 6.45) is 0.905. The molecule has 0 bridgehead atoms. The zero-order valence-corrected chi connectivity index (χ0v) is 18.3. The van der Waals surface area contributed by atoms with Gasteiger partial charge in [0.1, 0.15) is 17.4 Å². The molecule has 0 saturated carbocycles. The molecule has 0 atom stereocenters. The molecule has 1 amide bonds. The number of thiophene rings is 1. The molecule has 2 N–H and O–H groups in total. The number of nitrogens with one attached hydrogen (secondary N) is 2. The van der Waals surface area contributed by atoms with Crippen LogP contribution in [0.4, 0.5) is 5.69 Å². The molecule has 1 aromatic carbocycles. The van der Waals surface area contributed by atoms with Crippen molar-refractivity contribution in [2.45, 2.75) is 24.2 Å². The fraction of sp³-hybridized carbons (Fsp3) is 0.222. The van der Waals surface area contributed by atoms with Gasteiger partial charge in [-0.15, -0.1) is 21.5 Å². The van der Waals surface area contributed by atoms with Crippen molar-refractivity contribution in [1.82, 2.24) is 14.9 Å². The number of carbonyl (C=O) groups is 2. The number of hydrogen-bond donors (Lipinski definition) is 2. The molecule has 0 aliphatic carbocycles. The number of rotatable bonds is 9. The quantitative estimate of drug-likeness (QED) is 0.464. The number of esters is 1. The largest absolute Gasteiger partial charge is 0.457 e. The lowest BCUT2D eigenvalue weighted by atomic mass is 10.1. The Bertz CT molecular complexity index is 1110. The summed E-state index contributed by atoms with van der Waals surface area (Å²) in [5.74, 6) is -1.19. The maximum absolute atomic E-state index is 12.3. The summed E-state index contributed by atoms with van der Waals surface area (Å²) in [7, 11) is -3.75. The van der Waals surface area contributed by atoms with Gasteiger partial charge in [-0.25, -0.2) is 8.42 Å². The van der Waals surface area contributed by atoms with E-state index in [0.29, 0.717) is 10.7 Å². The van der Waals surface area contributed by atoms with Crippen LogP contribution in [0.25, 0.3) is 0 Å². The Morgan fingerprint density at radius 3 is 2.57 bits per heavy atom. The number of anilines is 1. The Kier molecular flexibility index (Phi) is 7.26. The molecule has 0 saturated heterocycles. The van der Waals surface area contributed by atoms with Gasteiger partial charge in [0.2, 0.25) is 5.01 Å². The molecule has 12 heteroatoms. The summed E-state index contributed by atoms with van der Waals surface area (Å²) < 4.78 is 31.2. The van der Waals surface area contributed by atoms with Gasteiger partial charge in [-0.2, -0.15) is 4.72 Å². The topological polar surface area (TPSA) is 127 Å². The Hall–Kier alpha value is -2.67. The Morgan fingerprint density at radius 1 is 1.13 bits per heavy atom.